The largest absolute Gasteiger partial charge is 0.416 e. The van der Waals surface area contributed by atoms with Gasteiger partial charge < -0.3 is 9.52 Å². The van der Waals surface area contributed by atoms with E-state index < -0.39 is 0 Å². The Labute approximate surface area is 121 Å². The molecule has 1 N–H and O–H groups in total. The normalized spacial score (nSPS) is 10.9. The van der Waals surface area contributed by atoms with Crippen molar-refractivity contribution in [1.82, 2.24) is 10.2 Å². The molecule has 0 spiro atoms. The standard InChI is InChI=1S/C14H17FN2O2S/c15-12-6-4-5-11(9-12)10-13-16-17-14(19-13)20-8-3-1-2-7-18/h4-6,9,18H,1-3,7-8,10H2. The van der Waals surface area contributed by atoms with E-state index in [1.165, 1.54) is 23.9 Å². The van der Waals surface area contributed by atoms with Gasteiger partial charge in [0.15, 0.2) is 0 Å². The Morgan fingerprint density at radius 1 is 1.20 bits per heavy atom. The average molecular weight is 296 g/mol. The van der Waals surface area contributed by atoms with E-state index in [2.05, 4.69) is 10.2 Å². The number of aliphatic hydroxyl groups excluding tert-OH is 1. The van der Waals surface area contributed by atoms with Crippen LogP contribution in [0.2, 0.25) is 0 Å². The van der Waals surface area contributed by atoms with Gasteiger partial charge in [0.2, 0.25) is 5.89 Å². The van der Waals surface area contributed by atoms with Crippen LogP contribution < -0.4 is 0 Å². The Balaban J connectivity index is 1.80. The van der Waals surface area contributed by atoms with Crippen LogP contribution in [0.25, 0.3) is 0 Å². The minimum absolute atomic E-state index is 0.239. The van der Waals surface area contributed by atoms with E-state index in [1.807, 2.05) is 6.07 Å². The second-order valence-electron chi connectivity index (χ2n) is 4.40. The third-order valence-electron chi connectivity index (χ3n) is 2.72. The number of thioether (sulfide) groups is 1. The first-order chi connectivity index (χ1) is 9.78. The molecule has 0 saturated heterocycles. The molecule has 4 nitrogen and oxygen atoms in total. The van der Waals surface area contributed by atoms with Gasteiger partial charge in [-0.15, -0.1) is 10.2 Å². The maximum Gasteiger partial charge on any atom is 0.276 e. The first-order valence-electron chi connectivity index (χ1n) is 6.58. The Morgan fingerprint density at radius 2 is 2.10 bits per heavy atom. The van der Waals surface area contributed by atoms with Gasteiger partial charge >= 0.3 is 0 Å². The molecule has 0 saturated carbocycles. The van der Waals surface area contributed by atoms with Crippen LogP contribution in [0.15, 0.2) is 33.9 Å². The fourth-order valence-electron chi connectivity index (χ4n) is 1.74. The van der Waals surface area contributed by atoms with Gasteiger partial charge in [0, 0.05) is 12.4 Å². The molecule has 0 fully saturated rings. The molecule has 0 radical (unpaired) electrons. The average Bonchev–Trinajstić information content (AvgIpc) is 2.86. The summed E-state index contributed by atoms with van der Waals surface area (Å²) in [7, 11) is 0. The van der Waals surface area contributed by atoms with Gasteiger partial charge in [-0.3, -0.25) is 0 Å². The summed E-state index contributed by atoms with van der Waals surface area (Å²) in [6, 6.07) is 6.36. The molecule has 0 bridgehead atoms. The lowest BCUT2D eigenvalue weighted by Gasteiger charge is -1.97. The van der Waals surface area contributed by atoms with Crippen LogP contribution in [0, 0.1) is 5.82 Å². The molecule has 0 aliphatic carbocycles. The quantitative estimate of drug-likeness (QED) is 0.599. The van der Waals surface area contributed by atoms with Crippen LogP contribution in [-0.2, 0) is 6.42 Å². The summed E-state index contributed by atoms with van der Waals surface area (Å²) in [5.74, 6) is 1.12. The van der Waals surface area contributed by atoms with Gasteiger partial charge in [-0.1, -0.05) is 30.3 Å². The fraction of sp³-hybridized carbons (Fsp3) is 0.429. The SMILES string of the molecule is OCCCCCSc1nnc(Cc2cccc(F)c2)o1. The number of aliphatic hydroxyl groups is 1. The molecule has 108 valence electrons. The number of aromatic nitrogens is 2. The van der Waals surface area contributed by atoms with Crippen LogP contribution in [0.1, 0.15) is 30.7 Å². The predicted octanol–water partition coefficient (Wildman–Crippen LogP) is 3.05. The minimum atomic E-state index is -0.263. The lowest BCUT2D eigenvalue weighted by atomic mass is 10.1. The monoisotopic (exact) mass is 296 g/mol. The molecule has 20 heavy (non-hydrogen) atoms. The van der Waals surface area contributed by atoms with Crippen LogP contribution in [0.4, 0.5) is 4.39 Å². The minimum Gasteiger partial charge on any atom is -0.416 e. The summed E-state index contributed by atoms with van der Waals surface area (Å²) < 4.78 is 18.6. The van der Waals surface area contributed by atoms with Crippen molar-refractivity contribution in [3.8, 4) is 0 Å². The van der Waals surface area contributed by atoms with E-state index >= 15 is 0 Å². The molecular formula is C14H17FN2O2S. The van der Waals surface area contributed by atoms with Gasteiger partial charge in [-0.2, -0.15) is 0 Å². The Hall–Kier alpha value is -1.40. The lowest BCUT2D eigenvalue weighted by molar-refractivity contribution is 0.284. The zero-order valence-electron chi connectivity index (χ0n) is 11.1. The van der Waals surface area contributed by atoms with E-state index in [0.717, 1.165) is 30.6 Å². The maximum atomic E-state index is 13.1. The summed E-state index contributed by atoms with van der Waals surface area (Å²) in [6.07, 6.45) is 3.27. The van der Waals surface area contributed by atoms with E-state index in [1.54, 1.807) is 6.07 Å². The Kier molecular flexibility index (Phi) is 6.01. The molecule has 0 atom stereocenters. The molecule has 2 rings (SSSR count). The molecule has 1 heterocycles. The fourth-order valence-corrected chi connectivity index (χ4v) is 2.52. The van der Waals surface area contributed by atoms with E-state index in [-0.39, 0.29) is 12.4 Å². The second kappa shape index (κ2) is 8.01. The van der Waals surface area contributed by atoms with Crippen molar-refractivity contribution in [2.24, 2.45) is 0 Å². The van der Waals surface area contributed by atoms with E-state index in [9.17, 15) is 4.39 Å². The maximum absolute atomic E-state index is 13.1. The van der Waals surface area contributed by atoms with E-state index in [4.69, 9.17) is 9.52 Å². The van der Waals surface area contributed by atoms with Crippen molar-refractivity contribution in [2.75, 3.05) is 12.4 Å². The van der Waals surface area contributed by atoms with E-state index in [0.29, 0.717) is 17.5 Å². The van der Waals surface area contributed by atoms with Crippen molar-refractivity contribution < 1.29 is 13.9 Å². The highest BCUT2D eigenvalue weighted by Gasteiger charge is 2.07. The van der Waals surface area contributed by atoms with Crippen molar-refractivity contribution in [3.63, 3.8) is 0 Å². The van der Waals surface area contributed by atoms with Crippen molar-refractivity contribution in [2.45, 2.75) is 30.9 Å². The van der Waals surface area contributed by atoms with Crippen LogP contribution in [-0.4, -0.2) is 27.7 Å². The lowest BCUT2D eigenvalue weighted by Crippen LogP contribution is -1.89. The van der Waals surface area contributed by atoms with Crippen molar-refractivity contribution in [1.29, 1.82) is 0 Å². The summed E-state index contributed by atoms with van der Waals surface area (Å²) in [6.45, 7) is 0.239. The molecule has 0 amide bonds. The molecule has 0 unspecified atom stereocenters. The van der Waals surface area contributed by atoms with Crippen LogP contribution in [0.5, 0.6) is 0 Å². The van der Waals surface area contributed by atoms with Gasteiger partial charge in [0.25, 0.3) is 5.22 Å². The topological polar surface area (TPSA) is 59.2 Å². The highest BCUT2D eigenvalue weighted by molar-refractivity contribution is 7.99. The number of hydrogen-bond acceptors (Lipinski definition) is 5. The number of nitrogens with zero attached hydrogens (tertiary/aromatic N) is 2. The molecule has 6 heteroatoms. The molecule has 1 aromatic heterocycles. The van der Waals surface area contributed by atoms with Crippen molar-refractivity contribution >= 4 is 11.8 Å². The molecule has 2 aromatic rings. The first-order valence-corrected chi connectivity index (χ1v) is 7.57. The molecular weight excluding hydrogens is 279 g/mol. The van der Waals surface area contributed by atoms with Crippen molar-refractivity contribution in [3.05, 3.63) is 41.5 Å². The number of benzene rings is 1. The van der Waals surface area contributed by atoms with Gasteiger partial charge in [0.05, 0.1) is 6.42 Å². The Morgan fingerprint density at radius 3 is 2.90 bits per heavy atom. The Bertz CT molecular complexity index is 533. The first kappa shape index (κ1) is 15.0. The van der Waals surface area contributed by atoms with Crippen LogP contribution >= 0.6 is 11.8 Å². The summed E-state index contributed by atoms with van der Waals surface area (Å²) in [5.41, 5.74) is 0.813. The predicted molar refractivity (Wildman–Crippen MR) is 75.2 cm³/mol. The molecule has 1 aromatic carbocycles. The third kappa shape index (κ3) is 4.94. The summed E-state index contributed by atoms with van der Waals surface area (Å²) in [4.78, 5) is 0. The summed E-state index contributed by atoms with van der Waals surface area (Å²) in [5, 5.41) is 17.1. The summed E-state index contributed by atoms with van der Waals surface area (Å²) >= 11 is 1.51. The zero-order valence-corrected chi connectivity index (χ0v) is 11.9. The second-order valence-corrected chi connectivity index (χ2v) is 5.45. The smallest absolute Gasteiger partial charge is 0.276 e. The van der Waals surface area contributed by atoms with Gasteiger partial charge in [0.1, 0.15) is 5.82 Å². The van der Waals surface area contributed by atoms with Crippen LogP contribution in [0.3, 0.4) is 0 Å². The number of rotatable bonds is 8. The number of halogens is 1. The molecule has 0 aliphatic heterocycles. The third-order valence-corrected chi connectivity index (χ3v) is 3.63. The van der Waals surface area contributed by atoms with Gasteiger partial charge in [-0.25, -0.2) is 4.39 Å². The van der Waals surface area contributed by atoms with Gasteiger partial charge in [-0.05, 0) is 30.5 Å². The number of hydrogen-bond donors (Lipinski definition) is 1. The number of unbranched alkanes of at least 4 members (excludes halogenated alkanes) is 2. The molecule has 0 aliphatic rings. The highest BCUT2D eigenvalue weighted by Crippen LogP contribution is 2.19. The zero-order chi connectivity index (χ0) is 14.2. The highest BCUT2D eigenvalue weighted by atomic mass is 32.2.